The largest absolute Gasteiger partial charge is 0.0622 e. The summed E-state index contributed by atoms with van der Waals surface area (Å²) >= 11 is 0. The molecular formula is C22H28. The Labute approximate surface area is 135 Å². The normalized spacial score (nSPS) is 16.6. The van der Waals surface area contributed by atoms with Gasteiger partial charge in [0.15, 0.2) is 0 Å². The van der Waals surface area contributed by atoms with Crippen LogP contribution in [-0.2, 0) is 12.8 Å². The van der Waals surface area contributed by atoms with Gasteiger partial charge in [-0.1, -0.05) is 86.8 Å². The van der Waals surface area contributed by atoms with Crippen LogP contribution in [0.4, 0.5) is 0 Å². The molecule has 0 N–H and O–H groups in total. The lowest BCUT2D eigenvalue weighted by Gasteiger charge is -2.40. The molecule has 0 bridgehead atoms. The minimum atomic E-state index is 0.378. The first kappa shape index (κ1) is 15.3. The quantitative estimate of drug-likeness (QED) is 0.628. The topological polar surface area (TPSA) is 0 Å². The summed E-state index contributed by atoms with van der Waals surface area (Å²) in [6.45, 7) is 2.53. The third kappa shape index (κ3) is 3.80. The van der Waals surface area contributed by atoms with Gasteiger partial charge in [-0.3, -0.25) is 0 Å². The van der Waals surface area contributed by atoms with Gasteiger partial charge in [-0.25, -0.2) is 0 Å². The summed E-state index contributed by atoms with van der Waals surface area (Å²) in [5.74, 6) is 0.863. The molecule has 0 heteroatoms. The van der Waals surface area contributed by atoms with Gasteiger partial charge in [0.2, 0.25) is 0 Å². The van der Waals surface area contributed by atoms with E-state index in [1.165, 1.54) is 56.1 Å². The fourth-order valence-corrected chi connectivity index (χ4v) is 4.28. The standard InChI is InChI=1S/C22H28/c1-22(21-15-9-4-10-16-21,17-19-11-5-2-6-12-19)18-20-13-7-3-8-14-20/h2-3,5-8,11-14,21H,4,9-10,15-18H2,1H3. The van der Waals surface area contributed by atoms with Crippen molar-refractivity contribution in [3.63, 3.8) is 0 Å². The Morgan fingerprint density at radius 2 is 1.18 bits per heavy atom. The molecule has 1 saturated carbocycles. The molecule has 2 aromatic carbocycles. The zero-order valence-electron chi connectivity index (χ0n) is 13.8. The van der Waals surface area contributed by atoms with E-state index < -0.39 is 0 Å². The maximum absolute atomic E-state index is 2.53. The Balaban J connectivity index is 1.83. The Kier molecular flexibility index (Phi) is 4.97. The predicted octanol–water partition coefficient (Wildman–Crippen LogP) is 6.06. The molecule has 1 aliphatic carbocycles. The van der Waals surface area contributed by atoms with Crippen LogP contribution in [0.2, 0.25) is 0 Å². The third-order valence-corrected chi connectivity index (χ3v) is 5.49. The van der Waals surface area contributed by atoms with Gasteiger partial charge in [-0.15, -0.1) is 0 Å². The van der Waals surface area contributed by atoms with E-state index in [4.69, 9.17) is 0 Å². The van der Waals surface area contributed by atoms with Crippen molar-refractivity contribution in [2.24, 2.45) is 11.3 Å². The van der Waals surface area contributed by atoms with Crippen molar-refractivity contribution >= 4 is 0 Å². The highest BCUT2D eigenvalue weighted by atomic mass is 14.4. The molecule has 22 heavy (non-hydrogen) atoms. The lowest BCUT2D eigenvalue weighted by molar-refractivity contribution is 0.135. The van der Waals surface area contributed by atoms with Crippen LogP contribution >= 0.6 is 0 Å². The van der Waals surface area contributed by atoms with E-state index in [1.54, 1.807) is 0 Å². The monoisotopic (exact) mass is 292 g/mol. The average Bonchev–Trinajstić information content (AvgIpc) is 2.57. The lowest BCUT2D eigenvalue weighted by Crippen LogP contribution is -2.33. The summed E-state index contributed by atoms with van der Waals surface area (Å²) in [6, 6.07) is 22.2. The summed E-state index contributed by atoms with van der Waals surface area (Å²) in [5, 5.41) is 0. The molecule has 0 amide bonds. The molecule has 0 saturated heterocycles. The first-order valence-electron chi connectivity index (χ1n) is 8.84. The van der Waals surface area contributed by atoms with E-state index in [2.05, 4.69) is 67.6 Å². The molecule has 3 rings (SSSR count). The van der Waals surface area contributed by atoms with Crippen molar-refractivity contribution in [2.75, 3.05) is 0 Å². The maximum atomic E-state index is 2.53. The van der Waals surface area contributed by atoms with Gasteiger partial charge in [0, 0.05) is 0 Å². The molecule has 0 atom stereocenters. The smallest absolute Gasteiger partial charge is 0.0217 e. The fraction of sp³-hybridized carbons (Fsp3) is 0.455. The Morgan fingerprint density at radius 1 is 0.727 bits per heavy atom. The van der Waals surface area contributed by atoms with Crippen LogP contribution in [0.1, 0.15) is 50.2 Å². The van der Waals surface area contributed by atoms with E-state index in [9.17, 15) is 0 Å². The van der Waals surface area contributed by atoms with E-state index in [0.29, 0.717) is 5.41 Å². The Bertz CT molecular complexity index is 508. The van der Waals surface area contributed by atoms with Gasteiger partial charge in [0.05, 0.1) is 0 Å². The fourth-order valence-electron chi connectivity index (χ4n) is 4.28. The van der Waals surface area contributed by atoms with Crippen molar-refractivity contribution in [3.05, 3.63) is 71.8 Å². The summed E-state index contributed by atoms with van der Waals surface area (Å²) in [4.78, 5) is 0. The van der Waals surface area contributed by atoms with Gasteiger partial charge in [0.1, 0.15) is 0 Å². The number of benzene rings is 2. The molecule has 0 unspecified atom stereocenters. The van der Waals surface area contributed by atoms with Gasteiger partial charge < -0.3 is 0 Å². The van der Waals surface area contributed by atoms with E-state index in [1.807, 2.05) is 0 Å². The average molecular weight is 292 g/mol. The van der Waals surface area contributed by atoms with Gasteiger partial charge >= 0.3 is 0 Å². The first-order valence-corrected chi connectivity index (χ1v) is 8.84. The SMILES string of the molecule is CC(Cc1ccccc1)(Cc1ccccc1)C1CCCCC1. The molecule has 116 valence electrons. The van der Waals surface area contributed by atoms with Crippen LogP contribution in [-0.4, -0.2) is 0 Å². The second-order valence-electron chi connectivity index (χ2n) is 7.31. The van der Waals surface area contributed by atoms with Crippen LogP contribution in [0.3, 0.4) is 0 Å². The molecule has 0 heterocycles. The highest BCUT2D eigenvalue weighted by Crippen LogP contribution is 2.43. The second kappa shape index (κ2) is 7.13. The van der Waals surface area contributed by atoms with Crippen molar-refractivity contribution in [1.29, 1.82) is 0 Å². The summed E-state index contributed by atoms with van der Waals surface area (Å²) < 4.78 is 0. The second-order valence-corrected chi connectivity index (χ2v) is 7.31. The minimum Gasteiger partial charge on any atom is -0.0622 e. The molecule has 0 radical (unpaired) electrons. The minimum absolute atomic E-state index is 0.378. The first-order chi connectivity index (χ1) is 10.8. The van der Waals surface area contributed by atoms with Crippen molar-refractivity contribution in [3.8, 4) is 0 Å². The molecule has 1 fully saturated rings. The van der Waals surface area contributed by atoms with Crippen LogP contribution in [0.25, 0.3) is 0 Å². The highest BCUT2D eigenvalue weighted by Gasteiger charge is 2.35. The van der Waals surface area contributed by atoms with E-state index in [-0.39, 0.29) is 0 Å². The van der Waals surface area contributed by atoms with Crippen LogP contribution in [0.5, 0.6) is 0 Å². The maximum Gasteiger partial charge on any atom is -0.0217 e. The van der Waals surface area contributed by atoms with Gasteiger partial charge in [0.25, 0.3) is 0 Å². The van der Waals surface area contributed by atoms with E-state index >= 15 is 0 Å². The number of hydrogen-bond donors (Lipinski definition) is 0. The number of rotatable bonds is 5. The number of hydrogen-bond acceptors (Lipinski definition) is 0. The molecular weight excluding hydrogens is 264 g/mol. The van der Waals surface area contributed by atoms with Crippen LogP contribution < -0.4 is 0 Å². The summed E-state index contributed by atoms with van der Waals surface area (Å²) in [5.41, 5.74) is 3.36. The van der Waals surface area contributed by atoms with Gasteiger partial charge in [-0.2, -0.15) is 0 Å². The Hall–Kier alpha value is -1.56. The third-order valence-electron chi connectivity index (χ3n) is 5.49. The summed E-state index contributed by atoms with van der Waals surface area (Å²) in [7, 11) is 0. The van der Waals surface area contributed by atoms with Crippen molar-refractivity contribution < 1.29 is 0 Å². The zero-order valence-corrected chi connectivity index (χ0v) is 13.8. The lowest BCUT2D eigenvalue weighted by atomic mass is 9.64. The van der Waals surface area contributed by atoms with Gasteiger partial charge in [-0.05, 0) is 48.1 Å². The highest BCUT2D eigenvalue weighted by molar-refractivity contribution is 5.21. The molecule has 0 aliphatic heterocycles. The predicted molar refractivity (Wildman–Crippen MR) is 95.0 cm³/mol. The molecule has 0 spiro atoms. The molecule has 2 aromatic rings. The zero-order chi connectivity index (χ0) is 15.3. The molecule has 1 aliphatic rings. The molecule has 0 aromatic heterocycles. The van der Waals surface area contributed by atoms with Crippen LogP contribution in [0.15, 0.2) is 60.7 Å². The van der Waals surface area contributed by atoms with Crippen LogP contribution in [0, 0.1) is 11.3 Å². The molecule has 0 nitrogen and oxygen atoms in total. The Morgan fingerprint density at radius 3 is 1.64 bits per heavy atom. The van der Waals surface area contributed by atoms with Crippen molar-refractivity contribution in [2.45, 2.75) is 51.9 Å². The summed E-state index contributed by atoms with van der Waals surface area (Å²) in [6.07, 6.45) is 9.50. The van der Waals surface area contributed by atoms with Crippen molar-refractivity contribution in [1.82, 2.24) is 0 Å². The van der Waals surface area contributed by atoms with E-state index in [0.717, 1.165) is 5.92 Å².